The van der Waals surface area contributed by atoms with E-state index < -0.39 is 0 Å². The SMILES string of the molecule is CCCN1CC/C(=C\C(C)=O)C1. The number of hydrogen-bond donors (Lipinski definition) is 0. The first-order valence-electron chi connectivity index (χ1n) is 4.64. The van der Waals surface area contributed by atoms with Gasteiger partial charge in [0.25, 0.3) is 0 Å². The lowest BCUT2D eigenvalue weighted by molar-refractivity contribution is -0.112. The number of hydrogen-bond acceptors (Lipinski definition) is 2. The lowest BCUT2D eigenvalue weighted by Gasteiger charge is -2.11. The molecule has 2 nitrogen and oxygen atoms in total. The molecule has 1 rings (SSSR count). The summed E-state index contributed by atoms with van der Waals surface area (Å²) in [6.45, 7) is 7.11. The fraction of sp³-hybridized carbons (Fsp3) is 0.700. The Hall–Kier alpha value is -0.630. The number of allylic oxidation sites excluding steroid dienone is 1. The van der Waals surface area contributed by atoms with Crippen molar-refractivity contribution in [2.24, 2.45) is 0 Å². The van der Waals surface area contributed by atoms with E-state index in [9.17, 15) is 4.79 Å². The number of likely N-dealkylation sites (tertiary alicyclic amines) is 1. The summed E-state index contributed by atoms with van der Waals surface area (Å²) in [5, 5.41) is 0. The Bertz CT molecular complexity index is 196. The van der Waals surface area contributed by atoms with Gasteiger partial charge in [0.2, 0.25) is 0 Å². The summed E-state index contributed by atoms with van der Waals surface area (Å²) in [5.41, 5.74) is 1.30. The maximum atomic E-state index is 10.8. The molecule has 0 spiro atoms. The van der Waals surface area contributed by atoms with Crippen LogP contribution in [0.2, 0.25) is 0 Å². The van der Waals surface area contributed by atoms with Gasteiger partial charge in [-0.2, -0.15) is 0 Å². The third-order valence-electron chi connectivity index (χ3n) is 2.12. The molecule has 0 atom stereocenters. The van der Waals surface area contributed by atoms with Gasteiger partial charge in [-0.05, 0) is 32.4 Å². The Morgan fingerprint density at radius 2 is 2.42 bits per heavy atom. The van der Waals surface area contributed by atoms with Crippen LogP contribution >= 0.6 is 0 Å². The highest BCUT2D eigenvalue weighted by Gasteiger charge is 2.15. The highest BCUT2D eigenvalue weighted by atomic mass is 16.1. The van der Waals surface area contributed by atoms with Crippen LogP contribution in [0.15, 0.2) is 11.6 Å². The number of carbonyl (C=O) groups is 1. The van der Waals surface area contributed by atoms with Gasteiger partial charge in [0, 0.05) is 13.1 Å². The van der Waals surface area contributed by atoms with E-state index in [4.69, 9.17) is 0 Å². The van der Waals surface area contributed by atoms with E-state index in [1.807, 2.05) is 0 Å². The van der Waals surface area contributed by atoms with Gasteiger partial charge in [0.1, 0.15) is 0 Å². The molecule has 0 radical (unpaired) electrons. The van der Waals surface area contributed by atoms with E-state index >= 15 is 0 Å². The average molecular weight is 167 g/mol. The minimum atomic E-state index is 0.184. The van der Waals surface area contributed by atoms with Crippen LogP contribution in [0.5, 0.6) is 0 Å². The van der Waals surface area contributed by atoms with Gasteiger partial charge >= 0.3 is 0 Å². The fourth-order valence-corrected chi connectivity index (χ4v) is 1.66. The summed E-state index contributed by atoms with van der Waals surface area (Å²) in [6.07, 6.45) is 4.07. The number of carbonyl (C=O) groups excluding carboxylic acids is 1. The lowest BCUT2D eigenvalue weighted by Crippen LogP contribution is -2.19. The molecule has 0 unspecified atom stereocenters. The van der Waals surface area contributed by atoms with Gasteiger partial charge in [-0.1, -0.05) is 12.5 Å². The topological polar surface area (TPSA) is 20.3 Å². The fourth-order valence-electron chi connectivity index (χ4n) is 1.66. The van der Waals surface area contributed by atoms with E-state index in [2.05, 4.69) is 11.8 Å². The van der Waals surface area contributed by atoms with Gasteiger partial charge in [0.15, 0.2) is 5.78 Å². The standard InChI is InChI=1S/C10H17NO/c1-3-5-11-6-4-10(8-11)7-9(2)12/h7H,3-6,8H2,1-2H3/b10-7+. The molecule has 1 heterocycles. The molecule has 0 aromatic rings. The Labute approximate surface area is 74.2 Å². The van der Waals surface area contributed by atoms with Crippen LogP contribution < -0.4 is 0 Å². The molecular formula is C10H17NO. The minimum Gasteiger partial charge on any atom is -0.299 e. The molecule has 1 aliphatic rings. The Morgan fingerprint density at radius 1 is 1.67 bits per heavy atom. The van der Waals surface area contributed by atoms with Crippen molar-refractivity contribution in [2.75, 3.05) is 19.6 Å². The van der Waals surface area contributed by atoms with Crippen molar-refractivity contribution >= 4 is 5.78 Å². The molecule has 0 aliphatic carbocycles. The summed E-state index contributed by atoms with van der Waals surface area (Å²) in [4.78, 5) is 13.2. The molecule has 1 fully saturated rings. The zero-order chi connectivity index (χ0) is 8.97. The molecular weight excluding hydrogens is 150 g/mol. The molecule has 68 valence electrons. The van der Waals surface area contributed by atoms with Crippen molar-refractivity contribution in [3.63, 3.8) is 0 Å². The van der Waals surface area contributed by atoms with Gasteiger partial charge in [-0.15, -0.1) is 0 Å². The Balaban J connectivity index is 2.40. The van der Waals surface area contributed by atoms with Crippen LogP contribution in [0.4, 0.5) is 0 Å². The summed E-state index contributed by atoms with van der Waals surface area (Å²) >= 11 is 0. The Kier molecular flexibility index (Phi) is 3.48. The second-order valence-corrected chi connectivity index (χ2v) is 3.44. The smallest absolute Gasteiger partial charge is 0.152 e. The second kappa shape index (κ2) is 4.41. The summed E-state index contributed by atoms with van der Waals surface area (Å²) in [5.74, 6) is 0.184. The molecule has 0 bridgehead atoms. The van der Waals surface area contributed by atoms with Crippen LogP contribution in [0, 0.1) is 0 Å². The lowest BCUT2D eigenvalue weighted by atomic mass is 10.2. The molecule has 12 heavy (non-hydrogen) atoms. The first-order valence-corrected chi connectivity index (χ1v) is 4.64. The van der Waals surface area contributed by atoms with Crippen molar-refractivity contribution in [1.29, 1.82) is 0 Å². The van der Waals surface area contributed by atoms with Crippen LogP contribution in [0.25, 0.3) is 0 Å². The maximum Gasteiger partial charge on any atom is 0.152 e. The van der Waals surface area contributed by atoms with Gasteiger partial charge in [-0.25, -0.2) is 0 Å². The van der Waals surface area contributed by atoms with Gasteiger partial charge < -0.3 is 0 Å². The maximum absolute atomic E-state index is 10.8. The second-order valence-electron chi connectivity index (χ2n) is 3.44. The number of nitrogens with zero attached hydrogens (tertiary/aromatic N) is 1. The summed E-state index contributed by atoms with van der Waals surface area (Å²) < 4.78 is 0. The molecule has 0 N–H and O–H groups in total. The van der Waals surface area contributed by atoms with Crippen molar-refractivity contribution in [3.05, 3.63) is 11.6 Å². The average Bonchev–Trinajstić information content (AvgIpc) is 2.36. The number of ketones is 1. The normalized spacial score (nSPS) is 22.0. The van der Waals surface area contributed by atoms with Gasteiger partial charge in [-0.3, -0.25) is 9.69 Å². The van der Waals surface area contributed by atoms with Crippen molar-refractivity contribution in [1.82, 2.24) is 4.90 Å². The van der Waals surface area contributed by atoms with E-state index in [0.717, 1.165) is 26.1 Å². The molecule has 0 saturated carbocycles. The highest BCUT2D eigenvalue weighted by Crippen LogP contribution is 2.14. The predicted octanol–water partition coefficient (Wildman–Crippen LogP) is 1.62. The third-order valence-corrected chi connectivity index (χ3v) is 2.12. The van der Waals surface area contributed by atoms with Crippen molar-refractivity contribution in [3.8, 4) is 0 Å². The molecule has 2 heteroatoms. The van der Waals surface area contributed by atoms with E-state index in [1.54, 1.807) is 13.0 Å². The van der Waals surface area contributed by atoms with Crippen molar-refractivity contribution < 1.29 is 4.79 Å². The van der Waals surface area contributed by atoms with Crippen molar-refractivity contribution in [2.45, 2.75) is 26.7 Å². The van der Waals surface area contributed by atoms with Crippen LogP contribution in [-0.2, 0) is 4.79 Å². The zero-order valence-corrected chi connectivity index (χ0v) is 7.97. The highest BCUT2D eigenvalue weighted by molar-refractivity contribution is 5.88. The molecule has 1 aliphatic heterocycles. The van der Waals surface area contributed by atoms with Crippen LogP contribution in [0.3, 0.4) is 0 Å². The van der Waals surface area contributed by atoms with Crippen LogP contribution in [0.1, 0.15) is 26.7 Å². The quantitative estimate of drug-likeness (QED) is 0.595. The molecule has 1 saturated heterocycles. The summed E-state index contributed by atoms with van der Waals surface area (Å²) in [7, 11) is 0. The largest absolute Gasteiger partial charge is 0.299 e. The predicted molar refractivity (Wildman–Crippen MR) is 50.1 cm³/mol. The monoisotopic (exact) mass is 167 g/mol. The minimum absolute atomic E-state index is 0.184. The first-order chi connectivity index (χ1) is 5.72. The number of rotatable bonds is 3. The molecule has 0 amide bonds. The third kappa shape index (κ3) is 2.78. The summed E-state index contributed by atoms with van der Waals surface area (Å²) in [6, 6.07) is 0. The molecule has 0 aromatic heterocycles. The molecule has 0 aromatic carbocycles. The Morgan fingerprint density at radius 3 is 3.00 bits per heavy atom. The van der Waals surface area contributed by atoms with E-state index in [-0.39, 0.29) is 5.78 Å². The van der Waals surface area contributed by atoms with E-state index in [0.29, 0.717) is 0 Å². The zero-order valence-electron chi connectivity index (χ0n) is 7.97. The first kappa shape index (κ1) is 9.46. The van der Waals surface area contributed by atoms with Gasteiger partial charge in [0.05, 0.1) is 0 Å². The van der Waals surface area contributed by atoms with Crippen LogP contribution in [-0.4, -0.2) is 30.3 Å². The van der Waals surface area contributed by atoms with E-state index in [1.165, 1.54) is 12.0 Å².